The number of fused-ring (bicyclic) bond motifs is 1. The molecule has 6 nitrogen and oxygen atoms in total. The molecule has 2 aromatic rings. The highest BCUT2D eigenvalue weighted by molar-refractivity contribution is 5.76. The van der Waals surface area contributed by atoms with Gasteiger partial charge in [0.15, 0.2) is 0 Å². The molecule has 6 heteroatoms. The molecule has 0 spiro atoms. The van der Waals surface area contributed by atoms with Crippen molar-refractivity contribution >= 4 is 11.6 Å². The van der Waals surface area contributed by atoms with Gasteiger partial charge >= 0.3 is 0 Å². The van der Waals surface area contributed by atoms with Crippen molar-refractivity contribution in [3.8, 4) is 0 Å². The molecule has 4 rings (SSSR count). The van der Waals surface area contributed by atoms with Gasteiger partial charge in [-0.1, -0.05) is 6.07 Å². The van der Waals surface area contributed by atoms with E-state index in [1.54, 1.807) is 0 Å². The van der Waals surface area contributed by atoms with Gasteiger partial charge < -0.3 is 15.5 Å². The minimum absolute atomic E-state index is 0.113. The van der Waals surface area contributed by atoms with Gasteiger partial charge in [0, 0.05) is 44.0 Å². The van der Waals surface area contributed by atoms with Crippen molar-refractivity contribution < 1.29 is 4.79 Å². The van der Waals surface area contributed by atoms with E-state index in [-0.39, 0.29) is 5.91 Å². The molecule has 2 atom stereocenters. The first-order valence-electron chi connectivity index (χ1n) is 9.79. The number of carbonyl (C=O) groups is 1. The third-order valence-corrected chi connectivity index (χ3v) is 5.75. The molecule has 0 radical (unpaired) electrons. The van der Waals surface area contributed by atoms with Gasteiger partial charge in [-0.3, -0.25) is 9.69 Å². The Morgan fingerprint density at radius 2 is 2.04 bits per heavy atom. The molecule has 0 unspecified atom stereocenters. The van der Waals surface area contributed by atoms with E-state index < -0.39 is 0 Å². The number of nitrogens with one attached hydrogen (secondary N) is 1. The summed E-state index contributed by atoms with van der Waals surface area (Å²) in [4.78, 5) is 19.6. The average Bonchev–Trinajstić information content (AvgIpc) is 3.23. The molecular weight excluding hydrogens is 326 g/mol. The number of likely N-dealkylation sites (tertiary alicyclic amines) is 1. The van der Waals surface area contributed by atoms with Crippen LogP contribution < -0.4 is 11.1 Å². The summed E-state index contributed by atoms with van der Waals surface area (Å²) in [5, 5.41) is 3.05. The molecule has 1 saturated carbocycles. The van der Waals surface area contributed by atoms with Crippen LogP contribution in [0.25, 0.3) is 5.65 Å². The lowest BCUT2D eigenvalue weighted by atomic mass is 10.1. The molecular formula is C20H29N5O. The van der Waals surface area contributed by atoms with Gasteiger partial charge in [-0.05, 0) is 50.2 Å². The van der Waals surface area contributed by atoms with E-state index in [4.69, 9.17) is 5.73 Å². The zero-order valence-corrected chi connectivity index (χ0v) is 15.5. The van der Waals surface area contributed by atoms with Crippen molar-refractivity contribution in [2.45, 2.75) is 57.7 Å². The molecule has 3 heterocycles. The number of aromatic nitrogens is 2. The van der Waals surface area contributed by atoms with E-state index in [0.717, 1.165) is 36.6 Å². The van der Waals surface area contributed by atoms with Gasteiger partial charge in [0.25, 0.3) is 0 Å². The molecule has 0 aromatic carbocycles. The Labute approximate surface area is 154 Å². The fourth-order valence-electron chi connectivity index (χ4n) is 4.10. The second kappa shape index (κ2) is 7.37. The Morgan fingerprint density at radius 1 is 1.23 bits per heavy atom. The minimum atomic E-state index is 0.113. The monoisotopic (exact) mass is 355 g/mol. The van der Waals surface area contributed by atoms with Crippen LogP contribution in [0.5, 0.6) is 0 Å². The normalized spacial score (nSPS) is 23.6. The van der Waals surface area contributed by atoms with Crippen LogP contribution in [0, 0.1) is 12.8 Å². The summed E-state index contributed by atoms with van der Waals surface area (Å²) in [6.07, 6.45) is 9.47. The smallest absolute Gasteiger partial charge is 0.221 e. The standard InChI is InChI=1S/C20H29N5O/c1-14-2-7-19-23-16(13-24(19)11-14)10-22-20(26)8-17-5-6-18(9-21)25(17)12-15-3-4-15/h2,7,11,13,15,17-18H,3-6,8-10,12,21H2,1H3,(H,22,26)/t17-,18+/m0/s1. The lowest BCUT2D eigenvalue weighted by molar-refractivity contribution is -0.122. The van der Waals surface area contributed by atoms with Gasteiger partial charge in [0.05, 0.1) is 12.2 Å². The van der Waals surface area contributed by atoms with Gasteiger partial charge in [0.2, 0.25) is 5.91 Å². The number of carbonyl (C=O) groups excluding carboxylic acids is 1. The van der Waals surface area contributed by atoms with E-state index in [9.17, 15) is 4.79 Å². The summed E-state index contributed by atoms with van der Waals surface area (Å²) in [7, 11) is 0. The van der Waals surface area contributed by atoms with Crippen LogP contribution in [0.15, 0.2) is 24.5 Å². The molecule has 2 aromatic heterocycles. The van der Waals surface area contributed by atoms with Crippen molar-refractivity contribution in [1.82, 2.24) is 19.6 Å². The van der Waals surface area contributed by atoms with Crippen molar-refractivity contribution in [1.29, 1.82) is 0 Å². The fourth-order valence-corrected chi connectivity index (χ4v) is 4.10. The van der Waals surface area contributed by atoms with Crippen LogP contribution in [-0.4, -0.2) is 45.4 Å². The number of hydrogen-bond donors (Lipinski definition) is 2. The van der Waals surface area contributed by atoms with Crippen molar-refractivity contribution in [2.24, 2.45) is 11.7 Å². The largest absolute Gasteiger partial charge is 0.350 e. The Kier molecular flexibility index (Phi) is 4.96. The summed E-state index contributed by atoms with van der Waals surface area (Å²) >= 11 is 0. The number of nitrogens with zero attached hydrogens (tertiary/aromatic N) is 3. The molecule has 1 saturated heterocycles. The minimum Gasteiger partial charge on any atom is -0.350 e. The average molecular weight is 355 g/mol. The van der Waals surface area contributed by atoms with Crippen molar-refractivity contribution in [2.75, 3.05) is 13.1 Å². The highest BCUT2D eigenvalue weighted by Crippen LogP contribution is 2.35. The van der Waals surface area contributed by atoms with E-state index >= 15 is 0 Å². The first-order chi connectivity index (χ1) is 12.6. The predicted octanol–water partition coefficient (Wildman–Crippen LogP) is 1.85. The Balaban J connectivity index is 1.32. The number of rotatable bonds is 7. The second-order valence-corrected chi connectivity index (χ2v) is 7.95. The van der Waals surface area contributed by atoms with Crippen LogP contribution in [-0.2, 0) is 11.3 Å². The predicted molar refractivity (Wildman–Crippen MR) is 102 cm³/mol. The summed E-state index contributed by atoms with van der Waals surface area (Å²) < 4.78 is 2.01. The topological polar surface area (TPSA) is 75.7 Å². The van der Waals surface area contributed by atoms with E-state index in [1.165, 1.54) is 18.4 Å². The van der Waals surface area contributed by atoms with Gasteiger partial charge in [-0.2, -0.15) is 0 Å². The Bertz CT molecular complexity index is 782. The lowest BCUT2D eigenvalue weighted by Crippen LogP contribution is -2.43. The van der Waals surface area contributed by atoms with E-state index in [2.05, 4.69) is 28.3 Å². The van der Waals surface area contributed by atoms with E-state index in [0.29, 0.717) is 31.6 Å². The number of hydrogen-bond acceptors (Lipinski definition) is 4. The molecule has 3 N–H and O–H groups in total. The summed E-state index contributed by atoms with van der Waals surface area (Å²) in [5.74, 6) is 0.941. The third-order valence-electron chi connectivity index (χ3n) is 5.75. The number of pyridine rings is 1. The molecule has 2 fully saturated rings. The number of imidazole rings is 1. The van der Waals surface area contributed by atoms with E-state index in [1.807, 2.05) is 22.7 Å². The molecule has 140 valence electrons. The van der Waals surface area contributed by atoms with Crippen molar-refractivity contribution in [3.05, 3.63) is 35.8 Å². The number of aryl methyl sites for hydroxylation is 1. The zero-order chi connectivity index (χ0) is 18.1. The summed E-state index contributed by atoms with van der Waals surface area (Å²) in [6, 6.07) is 4.84. The van der Waals surface area contributed by atoms with Crippen LogP contribution in [0.2, 0.25) is 0 Å². The molecule has 0 bridgehead atoms. The maximum Gasteiger partial charge on any atom is 0.221 e. The Hall–Kier alpha value is -1.92. The molecule has 1 amide bonds. The van der Waals surface area contributed by atoms with Crippen LogP contribution in [0.1, 0.15) is 43.4 Å². The molecule has 2 aliphatic rings. The molecule has 1 aliphatic carbocycles. The molecule has 1 aliphatic heterocycles. The molecule has 26 heavy (non-hydrogen) atoms. The second-order valence-electron chi connectivity index (χ2n) is 7.95. The SMILES string of the molecule is Cc1ccc2nc(CNC(=O)C[C@@H]3CC[C@H](CN)N3CC3CC3)cn2c1. The van der Waals surface area contributed by atoms with Gasteiger partial charge in [0.1, 0.15) is 5.65 Å². The fraction of sp³-hybridized carbons (Fsp3) is 0.600. The number of amides is 1. The maximum absolute atomic E-state index is 12.5. The van der Waals surface area contributed by atoms with Crippen LogP contribution in [0.3, 0.4) is 0 Å². The summed E-state index contributed by atoms with van der Waals surface area (Å²) in [5.41, 5.74) is 8.94. The third kappa shape index (κ3) is 3.91. The highest BCUT2D eigenvalue weighted by Gasteiger charge is 2.37. The maximum atomic E-state index is 12.5. The summed E-state index contributed by atoms with van der Waals surface area (Å²) in [6.45, 7) is 4.36. The Morgan fingerprint density at radius 3 is 2.81 bits per heavy atom. The van der Waals surface area contributed by atoms with Crippen LogP contribution in [0.4, 0.5) is 0 Å². The zero-order valence-electron chi connectivity index (χ0n) is 15.5. The van der Waals surface area contributed by atoms with Gasteiger partial charge in [-0.25, -0.2) is 4.98 Å². The van der Waals surface area contributed by atoms with Crippen LogP contribution >= 0.6 is 0 Å². The number of nitrogens with two attached hydrogens (primary N) is 1. The van der Waals surface area contributed by atoms with Gasteiger partial charge in [-0.15, -0.1) is 0 Å². The van der Waals surface area contributed by atoms with Crippen molar-refractivity contribution in [3.63, 3.8) is 0 Å². The first kappa shape index (κ1) is 17.5. The highest BCUT2D eigenvalue weighted by atomic mass is 16.1. The quantitative estimate of drug-likeness (QED) is 0.795. The lowest BCUT2D eigenvalue weighted by Gasteiger charge is -2.29. The first-order valence-corrected chi connectivity index (χ1v) is 9.79.